The number of carbonyl (C=O) groups is 3. The first-order valence-corrected chi connectivity index (χ1v) is 32.2. The summed E-state index contributed by atoms with van der Waals surface area (Å²) in [5.74, 6) is -1.09. The number of unbranched alkanes of at least 4 members (excludes halogenated alkanes) is 8. The summed E-state index contributed by atoms with van der Waals surface area (Å²) in [7, 11) is 0. The average Bonchev–Trinajstić information content (AvgIpc) is 3.49. The van der Waals surface area contributed by atoms with Crippen molar-refractivity contribution in [1.82, 2.24) is 0 Å². The zero-order valence-corrected chi connectivity index (χ0v) is 52.4. The molecule has 0 aromatic rings. The zero-order chi connectivity index (χ0) is 59.9. The summed E-state index contributed by atoms with van der Waals surface area (Å²) in [6, 6.07) is 0. The maximum Gasteiger partial charge on any atom is 0.306 e. The zero-order valence-electron chi connectivity index (χ0n) is 52.4. The van der Waals surface area contributed by atoms with Gasteiger partial charge in [0.15, 0.2) is 6.10 Å². The number of hydrogen-bond acceptors (Lipinski definition) is 6. The number of carbonyl (C=O) groups excluding carboxylic acids is 3. The molecule has 0 N–H and O–H groups in total. The van der Waals surface area contributed by atoms with Gasteiger partial charge in [0.2, 0.25) is 0 Å². The third kappa shape index (κ3) is 66.4. The molecule has 0 fully saturated rings. The summed E-state index contributed by atoms with van der Waals surface area (Å²) in [4.78, 5) is 38.3. The molecular formula is C77H114O6. The van der Waals surface area contributed by atoms with Crippen molar-refractivity contribution >= 4 is 17.9 Å². The molecule has 6 nitrogen and oxygen atoms in total. The Bertz CT molecular complexity index is 2080. The van der Waals surface area contributed by atoms with Crippen LogP contribution in [0.4, 0.5) is 0 Å². The fourth-order valence-electron chi connectivity index (χ4n) is 7.76. The van der Waals surface area contributed by atoms with Crippen LogP contribution in [0, 0.1) is 0 Å². The van der Waals surface area contributed by atoms with Crippen LogP contribution in [0.25, 0.3) is 0 Å². The number of hydrogen-bond donors (Lipinski definition) is 0. The van der Waals surface area contributed by atoms with Crippen LogP contribution >= 0.6 is 0 Å². The Morgan fingerprint density at radius 2 is 0.446 bits per heavy atom. The van der Waals surface area contributed by atoms with Gasteiger partial charge >= 0.3 is 17.9 Å². The van der Waals surface area contributed by atoms with E-state index in [-0.39, 0.29) is 50.4 Å². The fourth-order valence-corrected chi connectivity index (χ4v) is 7.76. The van der Waals surface area contributed by atoms with Gasteiger partial charge in [0.1, 0.15) is 13.2 Å². The molecule has 0 saturated heterocycles. The average molecular weight is 1140 g/mol. The molecule has 0 bridgehead atoms. The van der Waals surface area contributed by atoms with Gasteiger partial charge in [-0.3, -0.25) is 14.4 Å². The van der Waals surface area contributed by atoms with Crippen molar-refractivity contribution in [2.24, 2.45) is 0 Å². The van der Waals surface area contributed by atoms with Gasteiger partial charge in [0.05, 0.1) is 0 Å². The topological polar surface area (TPSA) is 78.9 Å². The van der Waals surface area contributed by atoms with Gasteiger partial charge in [0, 0.05) is 19.3 Å². The van der Waals surface area contributed by atoms with Crippen molar-refractivity contribution in [3.63, 3.8) is 0 Å². The summed E-state index contributed by atoms with van der Waals surface area (Å²) in [6.45, 7) is 6.17. The van der Waals surface area contributed by atoms with E-state index < -0.39 is 6.10 Å². The van der Waals surface area contributed by atoms with Gasteiger partial charge in [-0.15, -0.1) is 0 Å². The van der Waals surface area contributed by atoms with E-state index in [9.17, 15) is 14.4 Å². The lowest BCUT2D eigenvalue weighted by molar-refractivity contribution is -0.167. The second-order valence-corrected chi connectivity index (χ2v) is 20.2. The highest BCUT2D eigenvalue weighted by Crippen LogP contribution is 2.12. The first-order valence-electron chi connectivity index (χ1n) is 32.2. The number of allylic oxidation sites excluding steroid dienone is 36. The van der Waals surface area contributed by atoms with Crippen LogP contribution in [-0.4, -0.2) is 37.2 Å². The molecule has 0 aliphatic rings. The summed E-state index contributed by atoms with van der Waals surface area (Å²) in [5.41, 5.74) is 0. The van der Waals surface area contributed by atoms with E-state index in [0.29, 0.717) is 12.8 Å². The predicted molar refractivity (Wildman–Crippen MR) is 361 cm³/mol. The van der Waals surface area contributed by atoms with Crippen LogP contribution in [0.15, 0.2) is 219 Å². The predicted octanol–water partition coefficient (Wildman–Crippen LogP) is 22.5. The molecule has 458 valence electrons. The molecule has 0 aromatic carbocycles. The standard InChI is InChI=1S/C77H114O6/c1-4-7-10-13-16-19-22-25-28-31-33-34-35-36-37-38-39-40-41-42-44-46-49-52-55-58-61-64-67-70-76(79)82-73-74(72-81-75(78)69-66-63-60-57-54-51-48-45-30-27-24-21-18-15-12-9-6-3)83-77(80)71-68-65-62-59-56-53-50-47-43-32-29-26-23-20-17-14-11-8-5-2/h7-12,16-21,25-30,33-34,36-37,39-40,42-44,47-49,51-52,57-58,60-61,74H,4-6,13-15,22-24,31-32,35,38,41,45-46,50,53-56,59,62-73H2,1-3H3/b10-7-,11-8-,12-9-,19-16-,20-17-,21-18-,28-25-,29-26-,30-27-,34-33-,37-36-,40-39-,44-42-,47-43-,51-48-,52-49-,60-57-,61-58-. The lowest BCUT2D eigenvalue weighted by atomic mass is 10.1. The normalized spacial score (nSPS) is 13.6. The Kier molecular flexibility index (Phi) is 63.1. The van der Waals surface area contributed by atoms with E-state index in [1.807, 2.05) is 0 Å². The van der Waals surface area contributed by atoms with Crippen LogP contribution in [0.3, 0.4) is 0 Å². The van der Waals surface area contributed by atoms with Crippen molar-refractivity contribution in [2.45, 2.75) is 232 Å². The van der Waals surface area contributed by atoms with Crippen molar-refractivity contribution in [3.05, 3.63) is 219 Å². The first-order chi connectivity index (χ1) is 41.0. The lowest BCUT2D eigenvalue weighted by Gasteiger charge is -2.18. The smallest absolute Gasteiger partial charge is 0.306 e. The SMILES string of the molecule is CC/C=C\C/C=C\C/C=C\C/C=C\C/C=C\C/C=C\C/C=C\C/C=C\C/C=C\CCCC(=O)OCC(COC(=O)CCC/C=C\C/C=C\C/C=C\C/C=C\C/C=C\CC)OC(=O)CCCCCCCC/C=C\C/C=C\C/C=C\C/C=C\CC. The molecule has 0 rings (SSSR count). The highest BCUT2D eigenvalue weighted by molar-refractivity contribution is 5.71. The maximum absolute atomic E-state index is 12.9. The summed E-state index contributed by atoms with van der Waals surface area (Å²) in [6.07, 6.45) is 107. The molecule has 0 saturated carbocycles. The lowest BCUT2D eigenvalue weighted by Crippen LogP contribution is -2.30. The van der Waals surface area contributed by atoms with Crippen molar-refractivity contribution in [2.75, 3.05) is 13.2 Å². The highest BCUT2D eigenvalue weighted by atomic mass is 16.6. The Hall–Kier alpha value is -6.27. The molecule has 0 aliphatic carbocycles. The maximum atomic E-state index is 12.9. The largest absolute Gasteiger partial charge is 0.462 e. The number of rotatable bonds is 55. The molecule has 0 aromatic heterocycles. The molecule has 1 atom stereocenters. The van der Waals surface area contributed by atoms with Gasteiger partial charge < -0.3 is 14.2 Å². The van der Waals surface area contributed by atoms with E-state index in [0.717, 1.165) is 161 Å². The number of esters is 3. The molecule has 1 unspecified atom stereocenters. The Morgan fingerprint density at radius 1 is 0.241 bits per heavy atom. The molecule has 0 radical (unpaired) electrons. The third-order valence-electron chi connectivity index (χ3n) is 12.5. The monoisotopic (exact) mass is 1130 g/mol. The highest BCUT2D eigenvalue weighted by Gasteiger charge is 2.19. The molecule has 0 heterocycles. The van der Waals surface area contributed by atoms with E-state index in [1.54, 1.807) is 0 Å². The molecule has 0 aliphatic heterocycles. The Labute approximate surface area is 508 Å². The van der Waals surface area contributed by atoms with Gasteiger partial charge in [-0.05, 0) is 161 Å². The third-order valence-corrected chi connectivity index (χ3v) is 12.5. The molecule has 0 spiro atoms. The molecule has 83 heavy (non-hydrogen) atoms. The summed E-state index contributed by atoms with van der Waals surface area (Å²) >= 11 is 0. The Balaban J connectivity index is 4.60. The van der Waals surface area contributed by atoms with E-state index in [1.165, 1.54) is 12.8 Å². The Morgan fingerprint density at radius 3 is 0.711 bits per heavy atom. The minimum absolute atomic E-state index is 0.145. The van der Waals surface area contributed by atoms with Gasteiger partial charge in [0.25, 0.3) is 0 Å². The second-order valence-electron chi connectivity index (χ2n) is 20.2. The minimum Gasteiger partial charge on any atom is -0.462 e. The van der Waals surface area contributed by atoms with Crippen molar-refractivity contribution < 1.29 is 28.6 Å². The molecule has 0 amide bonds. The van der Waals surface area contributed by atoms with Gasteiger partial charge in [-0.1, -0.05) is 265 Å². The minimum atomic E-state index is -0.849. The van der Waals surface area contributed by atoms with Crippen molar-refractivity contribution in [1.29, 1.82) is 0 Å². The molecular weight excluding hydrogens is 1020 g/mol. The quantitative estimate of drug-likeness (QED) is 0.0261. The first kappa shape index (κ1) is 76.7. The van der Waals surface area contributed by atoms with Crippen LogP contribution in [-0.2, 0) is 28.6 Å². The fraction of sp³-hybridized carbons (Fsp3) is 0.494. The van der Waals surface area contributed by atoms with Gasteiger partial charge in [-0.25, -0.2) is 0 Å². The summed E-state index contributed by atoms with van der Waals surface area (Å²) < 4.78 is 16.8. The van der Waals surface area contributed by atoms with E-state index in [4.69, 9.17) is 14.2 Å². The van der Waals surface area contributed by atoms with Crippen LogP contribution in [0.1, 0.15) is 226 Å². The van der Waals surface area contributed by atoms with Gasteiger partial charge in [-0.2, -0.15) is 0 Å². The number of ether oxygens (including phenoxy) is 3. The second kappa shape index (κ2) is 68.2. The van der Waals surface area contributed by atoms with Crippen molar-refractivity contribution in [3.8, 4) is 0 Å². The summed E-state index contributed by atoms with van der Waals surface area (Å²) in [5, 5.41) is 0. The van der Waals surface area contributed by atoms with E-state index in [2.05, 4.69) is 240 Å². The van der Waals surface area contributed by atoms with E-state index >= 15 is 0 Å². The molecule has 6 heteroatoms. The van der Waals surface area contributed by atoms with Crippen LogP contribution < -0.4 is 0 Å². The van der Waals surface area contributed by atoms with Crippen LogP contribution in [0.5, 0.6) is 0 Å². The van der Waals surface area contributed by atoms with Crippen LogP contribution in [0.2, 0.25) is 0 Å².